The Morgan fingerprint density at radius 1 is 1.18 bits per heavy atom. The first-order valence-electron chi connectivity index (χ1n) is 9.29. The zero-order valence-electron chi connectivity index (χ0n) is 16.1. The van der Waals surface area contributed by atoms with Gasteiger partial charge in [-0.3, -0.25) is 4.79 Å². The number of nitriles is 2. The summed E-state index contributed by atoms with van der Waals surface area (Å²) >= 11 is 1.52. The fraction of sp³-hybridized carbons (Fsp3) is 0.348. The lowest BCUT2D eigenvalue weighted by atomic mass is 9.68. The van der Waals surface area contributed by atoms with Crippen LogP contribution in [-0.2, 0) is 4.79 Å². The van der Waals surface area contributed by atoms with E-state index in [0.29, 0.717) is 0 Å². The van der Waals surface area contributed by atoms with Gasteiger partial charge in [-0.1, -0.05) is 51.1 Å². The lowest BCUT2D eigenvalue weighted by Gasteiger charge is -2.37. The molecule has 28 heavy (non-hydrogen) atoms. The first kappa shape index (κ1) is 18.5. The molecule has 3 heterocycles. The van der Waals surface area contributed by atoms with Crippen molar-refractivity contribution < 1.29 is 4.79 Å². The molecule has 4 rings (SSSR count). The first-order chi connectivity index (χ1) is 13.3. The van der Waals surface area contributed by atoms with Crippen molar-refractivity contribution in [3.63, 3.8) is 0 Å². The quantitative estimate of drug-likeness (QED) is 0.745. The molecule has 0 bridgehead atoms. The van der Waals surface area contributed by atoms with Gasteiger partial charge in [-0.15, -0.1) is 0 Å². The number of hydrogen-bond donors (Lipinski definition) is 0. The van der Waals surface area contributed by atoms with Crippen molar-refractivity contribution in [2.24, 2.45) is 10.8 Å². The van der Waals surface area contributed by atoms with Gasteiger partial charge in [0.15, 0.2) is 11.2 Å². The molecule has 1 aromatic heterocycles. The summed E-state index contributed by atoms with van der Waals surface area (Å²) in [5, 5.41) is 24.4. The maximum atomic E-state index is 13.7. The summed E-state index contributed by atoms with van der Waals surface area (Å²) in [5.74, 6) is -0.465. The van der Waals surface area contributed by atoms with Crippen molar-refractivity contribution in [3.8, 4) is 12.1 Å². The van der Waals surface area contributed by atoms with Crippen molar-refractivity contribution in [2.45, 2.75) is 38.8 Å². The van der Waals surface area contributed by atoms with Gasteiger partial charge >= 0.3 is 0 Å². The van der Waals surface area contributed by atoms with Crippen LogP contribution in [0.4, 0.5) is 5.69 Å². The third kappa shape index (κ3) is 2.44. The molecular weight excluding hydrogens is 366 g/mol. The number of Topliss-reactive ketones (excluding diaryl/α,β-unsaturated/α-hetero) is 1. The number of carbonyl (C=O) groups excluding carboxylic acids is 1. The van der Waals surface area contributed by atoms with Crippen LogP contribution in [0.5, 0.6) is 0 Å². The van der Waals surface area contributed by atoms with E-state index in [2.05, 4.69) is 12.1 Å². The Morgan fingerprint density at radius 2 is 1.89 bits per heavy atom. The molecule has 0 N–H and O–H groups in total. The minimum atomic E-state index is -1.34. The highest BCUT2D eigenvalue weighted by Crippen LogP contribution is 2.56. The number of para-hydroxylation sites is 1. The summed E-state index contributed by atoms with van der Waals surface area (Å²) in [4.78, 5) is 15.7. The van der Waals surface area contributed by atoms with Gasteiger partial charge in [0.25, 0.3) is 0 Å². The van der Waals surface area contributed by atoms with Crippen LogP contribution >= 0.6 is 11.3 Å². The van der Waals surface area contributed by atoms with Crippen LogP contribution in [0.3, 0.4) is 0 Å². The zero-order chi connectivity index (χ0) is 20.1. The van der Waals surface area contributed by atoms with E-state index in [0.717, 1.165) is 16.8 Å². The molecule has 2 aliphatic heterocycles. The smallest absolute Gasteiger partial charge is 0.176 e. The normalized spacial score (nSPS) is 24.8. The number of fused-ring (bicyclic) bond motifs is 3. The molecule has 2 aromatic rings. The minimum Gasteiger partial charge on any atom is -0.351 e. The van der Waals surface area contributed by atoms with Crippen LogP contribution in [0.1, 0.15) is 37.8 Å². The lowest BCUT2D eigenvalue weighted by Crippen LogP contribution is -2.47. The number of thiophene rings is 1. The van der Waals surface area contributed by atoms with Crippen LogP contribution in [0, 0.1) is 33.5 Å². The summed E-state index contributed by atoms with van der Waals surface area (Å²) in [6, 6.07) is 13.4. The Kier molecular flexibility index (Phi) is 4.17. The van der Waals surface area contributed by atoms with Gasteiger partial charge < -0.3 is 4.90 Å². The summed E-state index contributed by atoms with van der Waals surface area (Å²) in [6.07, 6.45) is 3.89. The highest BCUT2D eigenvalue weighted by molar-refractivity contribution is 7.08. The number of anilines is 1. The van der Waals surface area contributed by atoms with Crippen molar-refractivity contribution in [3.05, 3.63) is 58.3 Å². The van der Waals surface area contributed by atoms with Gasteiger partial charge in [-0.05, 0) is 34.0 Å². The fourth-order valence-electron chi connectivity index (χ4n) is 4.50. The van der Waals surface area contributed by atoms with Gasteiger partial charge in [-0.2, -0.15) is 21.9 Å². The van der Waals surface area contributed by atoms with E-state index in [9.17, 15) is 15.3 Å². The van der Waals surface area contributed by atoms with Crippen LogP contribution in [0.2, 0.25) is 0 Å². The van der Waals surface area contributed by atoms with E-state index < -0.39 is 28.8 Å². The van der Waals surface area contributed by atoms with E-state index in [1.165, 1.54) is 11.3 Å². The molecule has 0 amide bonds. The SMILES string of the molecule is CC(C)(C)C(=O)C1C(c2ccsc2)C(C#N)(C#N)C2C=Cc3ccccc3N12. The van der Waals surface area contributed by atoms with Crippen LogP contribution in [-0.4, -0.2) is 17.9 Å². The Morgan fingerprint density at radius 3 is 2.50 bits per heavy atom. The van der Waals surface area contributed by atoms with E-state index in [1.54, 1.807) is 0 Å². The standard InChI is InChI=1S/C23H21N3OS/c1-22(2,3)21(27)20-19(16-10-11-28-12-16)23(13-24,14-25)18-9-8-15-6-4-5-7-17(15)26(18)20/h4-12,18-20H,1-3H3. The van der Waals surface area contributed by atoms with E-state index in [1.807, 2.05) is 78.9 Å². The van der Waals surface area contributed by atoms with E-state index in [-0.39, 0.29) is 5.78 Å². The number of rotatable bonds is 2. The van der Waals surface area contributed by atoms with Gasteiger partial charge in [-0.25, -0.2) is 0 Å². The van der Waals surface area contributed by atoms with Gasteiger partial charge in [0, 0.05) is 17.0 Å². The molecule has 4 nitrogen and oxygen atoms in total. The summed E-state index contributed by atoms with van der Waals surface area (Å²) in [7, 11) is 0. The molecule has 140 valence electrons. The predicted octanol–water partition coefficient (Wildman–Crippen LogP) is 4.76. The number of hydrogen-bond acceptors (Lipinski definition) is 5. The molecule has 1 fully saturated rings. The Bertz CT molecular complexity index is 1020. The second-order valence-corrected chi connectivity index (χ2v) is 9.24. The molecule has 3 unspecified atom stereocenters. The fourth-order valence-corrected chi connectivity index (χ4v) is 5.20. The Hall–Kier alpha value is -2.89. The monoisotopic (exact) mass is 387 g/mol. The highest BCUT2D eigenvalue weighted by Gasteiger charge is 2.64. The third-order valence-electron chi connectivity index (χ3n) is 5.83. The summed E-state index contributed by atoms with van der Waals surface area (Å²) in [5.41, 5.74) is 0.861. The Balaban J connectivity index is 2.02. The minimum absolute atomic E-state index is 0.0474. The van der Waals surface area contributed by atoms with Gasteiger partial charge in [0.2, 0.25) is 0 Å². The van der Waals surface area contributed by atoms with Crippen molar-refractivity contribution in [1.29, 1.82) is 10.5 Å². The van der Waals surface area contributed by atoms with Crippen molar-refractivity contribution in [1.82, 2.24) is 0 Å². The molecule has 0 aliphatic carbocycles. The second kappa shape index (κ2) is 6.33. The number of carbonyl (C=O) groups is 1. The van der Waals surface area contributed by atoms with Crippen LogP contribution in [0.25, 0.3) is 6.08 Å². The van der Waals surface area contributed by atoms with Gasteiger partial charge in [0.1, 0.15) is 0 Å². The predicted molar refractivity (Wildman–Crippen MR) is 111 cm³/mol. The molecular formula is C23H21N3OS. The molecule has 0 spiro atoms. The highest BCUT2D eigenvalue weighted by atomic mass is 32.1. The van der Waals surface area contributed by atoms with Crippen LogP contribution < -0.4 is 4.90 Å². The third-order valence-corrected chi connectivity index (χ3v) is 6.53. The van der Waals surface area contributed by atoms with Crippen molar-refractivity contribution >= 4 is 28.9 Å². The maximum Gasteiger partial charge on any atom is 0.176 e. The molecule has 0 radical (unpaired) electrons. The maximum absolute atomic E-state index is 13.7. The first-order valence-corrected chi connectivity index (χ1v) is 10.2. The molecule has 5 heteroatoms. The topological polar surface area (TPSA) is 67.9 Å². The summed E-state index contributed by atoms with van der Waals surface area (Å²) < 4.78 is 0. The molecule has 1 aromatic carbocycles. The summed E-state index contributed by atoms with van der Waals surface area (Å²) in [6.45, 7) is 5.71. The molecule has 3 atom stereocenters. The molecule has 1 saturated heterocycles. The number of ketones is 1. The largest absolute Gasteiger partial charge is 0.351 e. The average Bonchev–Trinajstić information content (AvgIpc) is 3.30. The average molecular weight is 388 g/mol. The number of benzene rings is 1. The zero-order valence-corrected chi connectivity index (χ0v) is 16.9. The Labute approximate surface area is 169 Å². The molecule has 0 saturated carbocycles. The van der Waals surface area contributed by atoms with Crippen LogP contribution in [0.15, 0.2) is 47.2 Å². The molecule has 2 aliphatic rings. The second-order valence-electron chi connectivity index (χ2n) is 8.46. The lowest BCUT2D eigenvalue weighted by molar-refractivity contribution is -0.127. The van der Waals surface area contributed by atoms with E-state index in [4.69, 9.17) is 0 Å². The van der Waals surface area contributed by atoms with Gasteiger partial charge in [0.05, 0.1) is 24.2 Å². The van der Waals surface area contributed by atoms with E-state index >= 15 is 0 Å². The van der Waals surface area contributed by atoms with Crippen molar-refractivity contribution in [2.75, 3.05) is 4.90 Å². The number of nitrogens with zero attached hydrogens (tertiary/aromatic N) is 3.